The van der Waals surface area contributed by atoms with Gasteiger partial charge in [0.2, 0.25) is 5.95 Å². The minimum atomic E-state index is -0.935. The number of piperazine rings is 1. The zero-order chi connectivity index (χ0) is 33.2. The number of carbonyl (C=O) groups is 1. The first-order valence-corrected chi connectivity index (χ1v) is 15.9. The van der Waals surface area contributed by atoms with Crippen LogP contribution < -0.4 is 15.5 Å². The maximum atomic E-state index is 14.3. The van der Waals surface area contributed by atoms with E-state index >= 15 is 0 Å². The summed E-state index contributed by atoms with van der Waals surface area (Å²) in [5.41, 5.74) is 5.10. The fraction of sp³-hybridized carbons (Fsp3) is 0.189. The first-order chi connectivity index (χ1) is 23.3. The Morgan fingerprint density at radius 1 is 0.812 bits per heavy atom. The van der Waals surface area contributed by atoms with Crippen LogP contribution in [0.25, 0.3) is 28.3 Å². The van der Waals surface area contributed by atoms with Crippen LogP contribution in [-0.2, 0) is 0 Å². The first-order valence-electron chi connectivity index (χ1n) is 15.9. The first kappa shape index (κ1) is 30.9. The van der Waals surface area contributed by atoms with E-state index in [1.165, 1.54) is 11.8 Å². The quantitative estimate of drug-likeness (QED) is 0.180. The molecule has 1 aliphatic heterocycles. The molecule has 0 unspecified atom stereocenters. The second kappa shape index (κ2) is 13.2. The lowest BCUT2D eigenvalue weighted by molar-refractivity contribution is 0.101. The third kappa shape index (κ3) is 6.32. The van der Waals surface area contributed by atoms with Crippen LogP contribution in [-0.4, -0.2) is 62.4 Å². The molecular weight excluding hydrogens is 610 g/mol. The molecule has 0 aliphatic carbocycles. The molecule has 6 aromatic rings. The molecule has 1 fully saturated rings. The number of fused-ring (bicyclic) bond motifs is 1. The van der Waals surface area contributed by atoms with E-state index in [0.29, 0.717) is 40.3 Å². The molecule has 9 nitrogen and oxygen atoms in total. The van der Waals surface area contributed by atoms with Gasteiger partial charge in [-0.2, -0.15) is 0 Å². The molecule has 1 saturated heterocycles. The Labute approximate surface area is 276 Å². The molecule has 1 aliphatic rings. The minimum Gasteiger partial charge on any atom is -0.369 e. The Morgan fingerprint density at radius 3 is 2.31 bits per heavy atom. The van der Waals surface area contributed by atoms with Gasteiger partial charge in [-0.15, -0.1) is 0 Å². The van der Waals surface area contributed by atoms with Crippen LogP contribution in [0.15, 0.2) is 103 Å². The normalized spacial score (nSPS) is 13.6. The molecule has 11 heteroatoms. The van der Waals surface area contributed by atoms with E-state index in [0.717, 1.165) is 49.7 Å². The molecule has 4 heterocycles. The van der Waals surface area contributed by atoms with E-state index in [9.17, 15) is 13.6 Å². The van der Waals surface area contributed by atoms with Gasteiger partial charge in [0.25, 0.3) is 5.91 Å². The van der Waals surface area contributed by atoms with Gasteiger partial charge >= 0.3 is 0 Å². The number of nitrogens with one attached hydrogen (secondary N) is 2. The summed E-state index contributed by atoms with van der Waals surface area (Å²) in [4.78, 5) is 31.9. The summed E-state index contributed by atoms with van der Waals surface area (Å²) in [6.45, 7) is 8.58. The molecule has 2 N–H and O–H groups in total. The predicted molar refractivity (Wildman–Crippen MR) is 185 cm³/mol. The lowest BCUT2D eigenvalue weighted by Crippen LogP contribution is -2.48. The number of carbonyl (C=O) groups excluding carboxylic acids is 1. The summed E-state index contributed by atoms with van der Waals surface area (Å²) in [7, 11) is 0. The van der Waals surface area contributed by atoms with E-state index in [-0.39, 0.29) is 0 Å². The van der Waals surface area contributed by atoms with Crippen molar-refractivity contribution >= 4 is 34.6 Å². The smallest absolute Gasteiger partial charge is 0.261 e. The number of pyridine rings is 1. The number of halogens is 2. The van der Waals surface area contributed by atoms with E-state index in [1.807, 2.05) is 53.1 Å². The number of hydrogen-bond acceptors (Lipinski definition) is 7. The van der Waals surface area contributed by atoms with Crippen molar-refractivity contribution in [2.75, 3.05) is 41.7 Å². The monoisotopic (exact) mass is 644 g/mol. The number of benzene rings is 3. The Balaban J connectivity index is 1.15. The van der Waals surface area contributed by atoms with Crippen molar-refractivity contribution < 1.29 is 13.6 Å². The largest absolute Gasteiger partial charge is 0.369 e. The van der Waals surface area contributed by atoms with Crippen molar-refractivity contribution in [2.45, 2.75) is 19.9 Å². The van der Waals surface area contributed by atoms with Crippen LogP contribution in [0.5, 0.6) is 0 Å². The highest BCUT2D eigenvalue weighted by molar-refractivity contribution is 6.05. The van der Waals surface area contributed by atoms with Crippen molar-refractivity contribution in [3.8, 4) is 22.6 Å². The van der Waals surface area contributed by atoms with Crippen LogP contribution in [0.4, 0.5) is 31.8 Å². The topological polar surface area (TPSA) is 90.7 Å². The molecule has 48 heavy (non-hydrogen) atoms. The zero-order valence-corrected chi connectivity index (χ0v) is 26.6. The molecule has 3 aromatic carbocycles. The van der Waals surface area contributed by atoms with Gasteiger partial charge in [-0.05, 0) is 80.6 Å². The van der Waals surface area contributed by atoms with Crippen LogP contribution in [0, 0.1) is 11.6 Å². The molecule has 3 aromatic heterocycles. The van der Waals surface area contributed by atoms with Gasteiger partial charge in [-0.1, -0.05) is 24.3 Å². The molecule has 0 spiro atoms. The number of hydrogen-bond donors (Lipinski definition) is 2. The highest BCUT2D eigenvalue weighted by Crippen LogP contribution is 2.34. The van der Waals surface area contributed by atoms with Gasteiger partial charge in [0.15, 0.2) is 0 Å². The van der Waals surface area contributed by atoms with Crippen molar-refractivity contribution in [3.05, 3.63) is 121 Å². The second-order valence-electron chi connectivity index (χ2n) is 11.9. The fourth-order valence-corrected chi connectivity index (χ4v) is 6.03. The molecule has 7 rings (SSSR count). The molecule has 242 valence electrons. The molecule has 0 atom stereocenters. The highest BCUT2D eigenvalue weighted by atomic mass is 19.1. The molecule has 1 amide bonds. The Bertz CT molecular complexity index is 2070. The van der Waals surface area contributed by atoms with Crippen molar-refractivity contribution in [1.29, 1.82) is 0 Å². The van der Waals surface area contributed by atoms with Gasteiger partial charge in [-0.25, -0.2) is 23.7 Å². The average Bonchev–Trinajstić information content (AvgIpc) is 3.49. The molecule has 0 radical (unpaired) electrons. The van der Waals surface area contributed by atoms with Gasteiger partial charge < -0.3 is 15.5 Å². The summed E-state index contributed by atoms with van der Waals surface area (Å²) in [5.74, 6) is -2.33. The van der Waals surface area contributed by atoms with Gasteiger partial charge in [-0.3, -0.25) is 14.1 Å². The SMILES string of the molecule is CC(C)N1CCN(c2ccc(Nc3nccc(-c4c(-c5cccc(NC(=O)c6c(F)cccc6F)c5)nc5ccccn45)n3)cc2)CC1. The Hall–Kier alpha value is -5.68. The van der Waals surface area contributed by atoms with E-state index in [4.69, 9.17) is 9.97 Å². The molecule has 0 bridgehead atoms. The fourth-order valence-electron chi connectivity index (χ4n) is 6.03. The van der Waals surface area contributed by atoms with Gasteiger partial charge in [0.05, 0.1) is 17.1 Å². The minimum absolute atomic E-state index is 0.360. The third-order valence-corrected chi connectivity index (χ3v) is 8.54. The lowest BCUT2D eigenvalue weighted by Gasteiger charge is -2.38. The van der Waals surface area contributed by atoms with Crippen LogP contribution in [0.2, 0.25) is 0 Å². The number of imidazole rings is 1. The van der Waals surface area contributed by atoms with Crippen molar-refractivity contribution in [3.63, 3.8) is 0 Å². The van der Waals surface area contributed by atoms with Crippen molar-refractivity contribution in [2.24, 2.45) is 0 Å². The maximum absolute atomic E-state index is 14.3. The van der Waals surface area contributed by atoms with Gasteiger partial charge in [0.1, 0.15) is 22.8 Å². The summed E-state index contributed by atoms with van der Waals surface area (Å²) in [5, 5.41) is 5.95. The predicted octanol–water partition coefficient (Wildman–Crippen LogP) is 7.26. The molecule has 0 saturated carbocycles. The number of aromatic nitrogens is 4. The number of rotatable bonds is 8. The van der Waals surface area contributed by atoms with Crippen LogP contribution in [0.1, 0.15) is 24.2 Å². The van der Waals surface area contributed by atoms with E-state index < -0.39 is 23.1 Å². The van der Waals surface area contributed by atoms with Crippen LogP contribution in [0.3, 0.4) is 0 Å². The summed E-state index contributed by atoms with van der Waals surface area (Å²) in [6, 6.07) is 26.7. The standard InChI is InChI=1S/C37H34F2N8O/c1-24(2)45-19-21-46(22-20-45)28-14-12-26(13-15-28)42-37-40-17-16-31(43-37)35-34(44-32-11-3-4-18-47(32)35)25-7-5-8-27(23-25)41-36(48)33-29(38)9-6-10-30(33)39/h3-18,23-24H,19-22H2,1-2H3,(H,41,48)(H,40,42,43). The average molecular weight is 645 g/mol. The lowest BCUT2D eigenvalue weighted by atomic mass is 10.1. The van der Waals surface area contributed by atoms with Gasteiger partial charge in [0, 0.05) is 67.2 Å². The number of nitrogens with zero attached hydrogens (tertiary/aromatic N) is 6. The number of anilines is 4. The third-order valence-electron chi connectivity index (χ3n) is 8.54. The Kier molecular flexibility index (Phi) is 8.51. The summed E-state index contributed by atoms with van der Waals surface area (Å²) in [6.07, 6.45) is 3.60. The van der Waals surface area contributed by atoms with Crippen LogP contribution >= 0.6 is 0 Å². The van der Waals surface area contributed by atoms with Crippen molar-refractivity contribution in [1.82, 2.24) is 24.3 Å². The zero-order valence-electron chi connectivity index (χ0n) is 26.6. The highest BCUT2D eigenvalue weighted by Gasteiger charge is 2.21. The summed E-state index contributed by atoms with van der Waals surface area (Å²) >= 11 is 0. The summed E-state index contributed by atoms with van der Waals surface area (Å²) < 4.78 is 30.5. The maximum Gasteiger partial charge on any atom is 0.261 e. The second-order valence-corrected chi connectivity index (χ2v) is 11.9. The van der Waals surface area contributed by atoms with E-state index in [1.54, 1.807) is 24.4 Å². The Morgan fingerprint density at radius 2 is 1.56 bits per heavy atom. The molecular formula is C37H34F2N8O. The van der Waals surface area contributed by atoms with E-state index in [2.05, 4.69) is 51.4 Å². The number of amides is 1.